The Morgan fingerprint density at radius 3 is 2.43 bits per heavy atom. The number of thiocarbonyl (C=S) groups is 2. The maximum Gasteiger partial charge on any atom is 0.145 e. The first kappa shape index (κ1) is 11.0. The second-order valence-corrected chi connectivity index (χ2v) is 7.19. The number of rotatable bonds is 0. The topological polar surface area (TPSA) is 24.1 Å². The maximum absolute atomic E-state index is 5.26. The molecule has 1 aliphatic heterocycles. The summed E-state index contributed by atoms with van der Waals surface area (Å²) in [5, 5.41) is 6.76. The van der Waals surface area contributed by atoms with Crippen LogP contribution in [0.5, 0.6) is 0 Å². The van der Waals surface area contributed by atoms with Crippen molar-refractivity contribution in [1.82, 2.24) is 10.6 Å². The summed E-state index contributed by atoms with van der Waals surface area (Å²) in [6, 6.07) is 0. The Balaban J connectivity index is 2.08. The highest BCUT2D eigenvalue weighted by Crippen LogP contribution is 2.33. The maximum atomic E-state index is 5.26. The van der Waals surface area contributed by atoms with Gasteiger partial charge in [-0.15, -0.1) is 0 Å². The Kier molecular flexibility index (Phi) is 3.57. The van der Waals surface area contributed by atoms with Gasteiger partial charge in [0, 0.05) is 6.54 Å². The summed E-state index contributed by atoms with van der Waals surface area (Å²) in [7, 11) is 3.09. The molecule has 1 aliphatic carbocycles. The Morgan fingerprint density at radius 1 is 1.07 bits per heavy atom. The normalized spacial score (nSPS) is 26.6. The van der Waals surface area contributed by atoms with Crippen LogP contribution in [0, 0.1) is 0 Å². The first-order valence-corrected chi connectivity index (χ1v) is 7.61. The monoisotopic (exact) mass is 264 g/mol. The molecule has 1 spiro atoms. The van der Waals surface area contributed by atoms with E-state index in [2.05, 4.69) is 10.6 Å². The van der Waals surface area contributed by atoms with Gasteiger partial charge in [-0.2, -0.15) is 0 Å². The van der Waals surface area contributed by atoms with Crippen LogP contribution in [0.1, 0.15) is 25.7 Å². The SMILES string of the molecule is S=C1NCC2(CCCC2)NC(=S)SS1. The Hall–Kier alpha value is 0.480. The zero-order valence-electron chi connectivity index (χ0n) is 7.67. The first-order valence-electron chi connectivity index (χ1n) is 4.65. The molecule has 1 saturated carbocycles. The molecule has 2 N–H and O–H groups in total. The van der Waals surface area contributed by atoms with Gasteiger partial charge in [-0.25, -0.2) is 0 Å². The third-order valence-corrected chi connectivity index (χ3v) is 5.95. The Morgan fingerprint density at radius 2 is 1.71 bits per heavy atom. The van der Waals surface area contributed by atoms with E-state index >= 15 is 0 Å². The molecule has 0 aromatic carbocycles. The molecule has 78 valence electrons. The second kappa shape index (κ2) is 4.55. The van der Waals surface area contributed by atoms with Gasteiger partial charge in [0.25, 0.3) is 0 Å². The molecule has 2 nitrogen and oxygen atoms in total. The molecule has 2 aliphatic rings. The summed E-state index contributed by atoms with van der Waals surface area (Å²) in [4.78, 5) is 0. The summed E-state index contributed by atoms with van der Waals surface area (Å²) in [6.07, 6.45) is 4.99. The first-order chi connectivity index (χ1) is 6.70. The molecular formula is C8H12N2S4. The molecule has 6 heteroatoms. The molecule has 0 aromatic rings. The van der Waals surface area contributed by atoms with Crippen molar-refractivity contribution >= 4 is 54.7 Å². The average Bonchev–Trinajstić information content (AvgIpc) is 2.59. The Labute approximate surface area is 103 Å². The highest BCUT2D eigenvalue weighted by Gasteiger charge is 2.35. The van der Waals surface area contributed by atoms with Crippen LogP contribution < -0.4 is 10.6 Å². The van der Waals surface area contributed by atoms with E-state index in [9.17, 15) is 0 Å². The van der Waals surface area contributed by atoms with Crippen molar-refractivity contribution in [3.05, 3.63) is 0 Å². The predicted octanol–water partition coefficient (Wildman–Crippen LogP) is 2.44. The fourth-order valence-electron chi connectivity index (χ4n) is 1.98. The molecule has 0 atom stereocenters. The Bertz CT molecular complexity index is 260. The summed E-state index contributed by atoms with van der Waals surface area (Å²) in [5.74, 6) is 0. The van der Waals surface area contributed by atoms with Crippen LogP contribution in [0.3, 0.4) is 0 Å². The van der Waals surface area contributed by atoms with Gasteiger partial charge in [-0.1, -0.05) is 37.3 Å². The van der Waals surface area contributed by atoms with Crippen LogP contribution in [-0.4, -0.2) is 20.7 Å². The molecule has 2 fully saturated rings. The van der Waals surface area contributed by atoms with E-state index < -0.39 is 0 Å². The fourth-order valence-corrected chi connectivity index (χ4v) is 4.18. The quantitative estimate of drug-likeness (QED) is 0.515. The molecule has 1 heterocycles. The summed E-state index contributed by atoms with van der Waals surface area (Å²) in [5.41, 5.74) is 0.176. The van der Waals surface area contributed by atoms with Crippen LogP contribution in [0.4, 0.5) is 0 Å². The zero-order valence-corrected chi connectivity index (χ0v) is 10.9. The van der Waals surface area contributed by atoms with E-state index in [1.54, 1.807) is 10.8 Å². The van der Waals surface area contributed by atoms with E-state index in [1.807, 2.05) is 0 Å². The van der Waals surface area contributed by atoms with Crippen molar-refractivity contribution < 1.29 is 0 Å². The van der Waals surface area contributed by atoms with Crippen LogP contribution in [0.15, 0.2) is 0 Å². The molecule has 0 aromatic heterocycles. The molecule has 0 unspecified atom stereocenters. The standard InChI is InChI=1S/C8H12N2S4/c11-6-9-5-8(3-1-2-4-8)10-7(12)14-13-6/h1-5H2,(H,9,11)(H,10,12). The molecule has 0 bridgehead atoms. The molecule has 14 heavy (non-hydrogen) atoms. The summed E-state index contributed by atoms with van der Waals surface area (Å²) in [6.45, 7) is 0.916. The molecule has 2 rings (SSSR count). The highest BCUT2D eigenvalue weighted by molar-refractivity contribution is 8.89. The lowest BCUT2D eigenvalue weighted by Gasteiger charge is -2.33. The van der Waals surface area contributed by atoms with Gasteiger partial charge >= 0.3 is 0 Å². The van der Waals surface area contributed by atoms with Crippen molar-refractivity contribution in [3.8, 4) is 0 Å². The van der Waals surface area contributed by atoms with Crippen molar-refractivity contribution in [2.45, 2.75) is 31.2 Å². The lowest BCUT2D eigenvalue weighted by molar-refractivity contribution is 0.391. The van der Waals surface area contributed by atoms with Crippen LogP contribution in [0.2, 0.25) is 0 Å². The summed E-state index contributed by atoms with van der Waals surface area (Å²) >= 11 is 10.4. The van der Waals surface area contributed by atoms with Gasteiger partial charge < -0.3 is 10.6 Å². The van der Waals surface area contributed by atoms with Crippen LogP contribution >= 0.6 is 46.0 Å². The summed E-state index contributed by atoms with van der Waals surface area (Å²) < 4.78 is 1.73. The van der Waals surface area contributed by atoms with E-state index in [1.165, 1.54) is 36.5 Å². The van der Waals surface area contributed by atoms with Crippen LogP contribution in [-0.2, 0) is 0 Å². The van der Waals surface area contributed by atoms with Crippen LogP contribution in [0.25, 0.3) is 0 Å². The van der Waals surface area contributed by atoms with E-state index in [0.717, 1.165) is 15.2 Å². The van der Waals surface area contributed by atoms with E-state index in [-0.39, 0.29) is 5.54 Å². The fraction of sp³-hybridized carbons (Fsp3) is 0.750. The third kappa shape index (κ3) is 2.53. The van der Waals surface area contributed by atoms with Gasteiger partial charge in [-0.05, 0) is 34.4 Å². The molecule has 0 amide bonds. The lowest BCUT2D eigenvalue weighted by Crippen LogP contribution is -2.53. The third-order valence-electron chi connectivity index (χ3n) is 2.69. The zero-order chi connectivity index (χ0) is 10.0. The largest absolute Gasteiger partial charge is 0.368 e. The van der Waals surface area contributed by atoms with Gasteiger partial charge in [-0.3, -0.25) is 0 Å². The van der Waals surface area contributed by atoms with Gasteiger partial charge in [0.05, 0.1) is 5.54 Å². The number of hydrogen-bond acceptors (Lipinski definition) is 4. The molecular weight excluding hydrogens is 252 g/mol. The second-order valence-electron chi connectivity index (χ2n) is 3.71. The minimum Gasteiger partial charge on any atom is -0.368 e. The number of hydrogen-bond donors (Lipinski definition) is 2. The van der Waals surface area contributed by atoms with E-state index in [0.29, 0.717) is 0 Å². The minimum absolute atomic E-state index is 0.176. The predicted molar refractivity (Wildman–Crippen MR) is 72.7 cm³/mol. The highest BCUT2D eigenvalue weighted by atomic mass is 33.1. The van der Waals surface area contributed by atoms with Crippen molar-refractivity contribution in [2.75, 3.05) is 6.54 Å². The van der Waals surface area contributed by atoms with Gasteiger partial charge in [0.15, 0.2) is 0 Å². The van der Waals surface area contributed by atoms with Crippen molar-refractivity contribution in [1.29, 1.82) is 0 Å². The minimum atomic E-state index is 0.176. The molecule has 0 radical (unpaired) electrons. The van der Waals surface area contributed by atoms with Crippen molar-refractivity contribution in [2.24, 2.45) is 0 Å². The van der Waals surface area contributed by atoms with Crippen molar-refractivity contribution in [3.63, 3.8) is 0 Å². The average molecular weight is 264 g/mol. The van der Waals surface area contributed by atoms with E-state index in [4.69, 9.17) is 24.4 Å². The smallest absolute Gasteiger partial charge is 0.145 e. The van der Waals surface area contributed by atoms with Gasteiger partial charge in [0.1, 0.15) is 8.64 Å². The lowest BCUT2D eigenvalue weighted by atomic mass is 9.98. The van der Waals surface area contributed by atoms with Gasteiger partial charge in [0.2, 0.25) is 0 Å². The number of nitrogens with one attached hydrogen (secondary N) is 2. The molecule has 1 saturated heterocycles.